The molecule has 2 bridgehead atoms. The summed E-state index contributed by atoms with van der Waals surface area (Å²) in [6.45, 7) is 1.83. The number of hydrogen-bond donors (Lipinski definition) is 1. The number of amides is 1. The molecular weight excluding hydrogens is 515 g/mol. The molecule has 6 rings (SSSR count). The number of carbonyl (C=O) groups is 2. The van der Waals surface area contributed by atoms with Gasteiger partial charge in [0, 0.05) is 45.9 Å². The van der Waals surface area contributed by atoms with Gasteiger partial charge in [0.1, 0.15) is 7.26 Å². The van der Waals surface area contributed by atoms with Gasteiger partial charge in [0.25, 0.3) is 11.5 Å². The van der Waals surface area contributed by atoms with Crippen molar-refractivity contribution in [1.29, 1.82) is 0 Å². The minimum absolute atomic E-state index is 0.0197. The van der Waals surface area contributed by atoms with Crippen molar-refractivity contribution in [3.8, 4) is 5.69 Å². The third kappa shape index (κ3) is 3.70. The van der Waals surface area contributed by atoms with Gasteiger partial charge in [-0.3, -0.25) is 14.2 Å². The van der Waals surface area contributed by atoms with Crippen molar-refractivity contribution in [2.24, 2.45) is 0 Å². The SMILES string of the molecule is COC(=O)[P+]12CCC(NC(=O)c3c(C)n(-c4ccccc4)c(=O)c4ccc(Br)cc34)(CC1)CC2. The molecule has 3 aliphatic heterocycles. The van der Waals surface area contributed by atoms with E-state index < -0.39 is 7.26 Å². The summed E-state index contributed by atoms with van der Waals surface area (Å²) < 4.78 is 7.55. The molecular formula is C26H27BrN2O4P+. The van der Waals surface area contributed by atoms with Crippen LogP contribution in [0.25, 0.3) is 16.5 Å². The van der Waals surface area contributed by atoms with Crippen LogP contribution in [-0.2, 0) is 4.74 Å². The highest BCUT2D eigenvalue weighted by Gasteiger charge is 2.60. The Morgan fingerprint density at radius 2 is 1.68 bits per heavy atom. The van der Waals surface area contributed by atoms with Crippen molar-refractivity contribution < 1.29 is 14.3 Å². The highest BCUT2D eigenvalue weighted by Crippen LogP contribution is 2.69. The lowest BCUT2D eigenvalue weighted by molar-refractivity contribution is 0.0883. The minimum atomic E-state index is -1.73. The number of nitrogens with zero attached hydrogens (tertiary/aromatic N) is 1. The summed E-state index contributed by atoms with van der Waals surface area (Å²) in [5.74, 6) is -0.170. The fraction of sp³-hybridized carbons (Fsp3) is 0.346. The van der Waals surface area contributed by atoms with Crippen molar-refractivity contribution in [2.75, 3.05) is 25.6 Å². The standard InChI is InChI=1S/C26H26BrN2O4P/c1-17-22(23(30)28-26-10-13-34(14-11-26,15-12-26)25(32)33-2)21-16-18(27)8-9-20(21)24(31)29(17)19-6-4-3-5-7-19/h3-9,16H,10-15H2,1-2H3/p+1. The number of para-hydroxylation sites is 1. The van der Waals surface area contributed by atoms with E-state index >= 15 is 0 Å². The molecule has 0 aliphatic carbocycles. The van der Waals surface area contributed by atoms with Gasteiger partial charge in [0.05, 0.1) is 36.7 Å². The Labute approximate surface area is 207 Å². The molecule has 0 unspecified atom stereocenters. The maximum atomic E-state index is 13.9. The van der Waals surface area contributed by atoms with Crippen molar-refractivity contribution in [2.45, 2.75) is 31.7 Å². The molecule has 0 atom stereocenters. The van der Waals surface area contributed by atoms with Crippen LogP contribution in [0.5, 0.6) is 0 Å². The van der Waals surface area contributed by atoms with Crippen molar-refractivity contribution in [3.63, 3.8) is 0 Å². The summed E-state index contributed by atoms with van der Waals surface area (Å²) >= 11 is 3.50. The first-order chi connectivity index (χ1) is 16.3. The summed E-state index contributed by atoms with van der Waals surface area (Å²) in [6, 6.07) is 14.9. The zero-order valence-corrected chi connectivity index (χ0v) is 21.7. The van der Waals surface area contributed by atoms with Crippen molar-refractivity contribution >= 4 is 45.6 Å². The van der Waals surface area contributed by atoms with Gasteiger partial charge >= 0.3 is 5.71 Å². The van der Waals surface area contributed by atoms with Crippen molar-refractivity contribution in [3.05, 3.63) is 74.6 Å². The lowest BCUT2D eigenvalue weighted by Crippen LogP contribution is -2.56. The Balaban J connectivity index is 1.58. The van der Waals surface area contributed by atoms with E-state index in [4.69, 9.17) is 4.74 Å². The van der Waals surface area contributed by atoms with Crippen LogP contribution < -0.4 is 10.9 Å². The highest BCUT2D eigenvalue weighted by molar-refractivity contribution is 9.10. The van der Waals surface area contributed by atoms with Crippen molar-refractivity contribution in [1.82, 2.24) is 9.88 Å². The second-order valence-corrected chi connectivity index (χ2v) is 14.3. The number of methoxy groups -OCH3 is 1. The lowest BCUT2D eigenvalue weighted by Gasteiger charge is -2.47. The van der Waals surface area contributed by atoms with Crippen LogP contribution in [0.1, 0.15) is 35.3 Å². The number of aromatic nitrogens is 1. The summed E-state index contributed by atoms with van der Waals surface area (Å²) in [7, 11) is -0.253. The Hall–Kier alpha value is -2.50. The predicted molar refractivity (Wildman–Crippen MR) is 140 cm³/mol. The number of benzene rings is 2. The molecule has 4 heterocycles. The summed E-state index contributed by atoms with van der Waals surface area (Å²) in [5.41, 5.74) is 1.37. The van der Waals surface area contributed by atoms with E-state index in [-0.39, 0.29) is 22.7 Å². The fourth-order valence-electron chi connectivity index (χ4n) is 5.62. The molecule has 1 aromatic heterocycles. The number of nitrogens with one attached hydrogen (secondary N) is 1. The average molecular weight is 542 g/mol. The Morgan fingerprint density at radius 3 is 2.29 bits per heavy atom. The smallest absolute Gasteiger partial charge is 0.440 e. The fourth-order valence-corrected chi connectivity index (χ4v) is 10.2. The second-order valence-electron chi connectivity index (χ2n) is 9.40. The predicted octanol–water partition coefficient (Wildman–Crippen LogP) is 5.51. The van der Waals surface area contributed by atoms with E-state index in [0.717, 1.165) is 47.9 Å². The summed E-state index contributed by atoms with van der Waals surface area (Å²) in [5, 5.41) is 4.50. The van der Waals surface area contributed by atoms with Crippen LogP contribution in [0.4, 0.5) is 4.79 Å². The molecule has 3 aliphatic rings. The molecule has 2 aromatic carbocycles. The number of ether oxygens (including phenoxy) is 1. The third-order valence-electron chi connectivity index (χ3n) is 7.62. The molecule has 3 aromatic rings. The van der Waals surface area contributed by atoms with E-state index in [1.807, 2.05) is 49.4 Å². The monoisotopic (exact) mass is 541 g/mol. The quantitative estimate of drug-likeness (QED) is 0.441. The van der Waals surface area contributed by atoms with Gasteiger partial charge in [-0.1, -0.05) is 34.1 Å². The van der Waals surface area contributed by atoms with Crippen LogP contribution in [0, 0.1) is 6.92 Å². The number of rotatable bonds is 4. The first kappa shape index (κ1) is 23.3. The molecule has 1 N–H and O–H groups in total. The normalized spacial score (nSPS) is 23.6. The summed E-state index contributed by atoms with van der Waals surface area (Å²) in [4.78, 5) is 39.8. The van der Waals surface area contributed by atoms with Gasteiger partial charge in [0.15, 0.2) is 0 Å². The second kappa shape index (κ2) is 8.62. The Kier molecular flexibility index (Phi) is 5.89. The van der Waals surface area contributed by atoms with Crippen LogP contribution in [0.3, 0.4) is 0 Å². The van der Waals surface area contributed by atoms with Gasteiger partial charge in [-0.25, -0.2) is 4.79 Å². The molecule has 1 amide bonds. The van der Waals surface area contributed by atoms with E-state index in [2.05, 4.69) is 21.2 Å². The Bertz CT molecular complexity index is 1340. The van der Waals surface area contributed by atoms with E-state index in [1.54, 1.807) is 10.6 Å². The zero-order chi connectivity index (χ0) is 24.1. The van der Waals surface area contributed by atoms with Gasteiger partial charge < -0.3 is 10.1 Å². The number of carbonyl (C=O) groups excluding carboxylic acids is 2. The molecule has 0 spiro atoms. The molecule has 0 radical (unpaired) electrons. The van der Waals surface area contributed by atoms with Crippen LogP contribution >= 0.6 is 23.2 Å². The average Bonchev–Trinajstić information content (AvgIpc) is 2.85. The number of fused-ring (bicyclic) bond motifs is 4. The largest absolute Gasteiger partial charge is 0.450 e. The van der Waals surface area contributed by atoms with Crippen LogP contribution in [0.15, 0.2) is 57.8 Å². The van der Waals surface area contributed by atoms with E-state index in [1.165, 1.54) is 7.11 Å². The highest BCUT2D eigenvalue weighted by atomic mass is 79.9. The molecule has 6 nitrogen and oxygen atoms in total. The third-order valence-corrected chi connectivity index (χ3v) is 12.3. The van der Waals surface area contributed by atoms with E-state index in [0.29, 0.717) is 22.0 Å². The maximum Gasteiger partial charge on any atom is 0.450 e. The number of halogens is 1. The lowest BCUT2D eigenvalue weighted by atomic mass is 9.87. The molecule has 3 saturated heterocycles. The topological polar surface area (TPSA) is 77.4 Å². The molecule has 3 fully saturated rings. The molecule has 8 heteroatoms. The zero-order valence-electron chi connectivity index (χ0n) is 19.3. The first-order valence-electron chi connectivity index (χ1n) is 11.5. The number of pyridine rings is 1. The molecule has 0 saturated carbocycles. The summed E-state index contributed by atoms with van der Waals surface area (Å²) in [6.07, 6.45) is 4.86. The van der Waals surface area contributed by atoms with Crippen LogP contribution in [0.2, 0.25) is 0 Å². The van der Waals surface area contributed by atoms with Gasteiger partial charge in [-0.05, 0) is 37.3 Å². The van der Waals surface area contributed by atoms with Crippen LogP contribution in [-0.4, -0.2) is 47.3 Å². The van der Waals surface area contributed by atoms with Gasteiger partial charge in [-0.2, -0.15) is 0 Å². The number of hydrogen-bond acceptors (Lipinski definition) is 4. The van der Waals surface area contributed by atoms with Gasteiger partial charge in [0.2, 0.25) is 0 Å². The van der Waals surface area contributed by atoms with Gasteiger partial charge in [-0.15, -0.1) is 0 Å². The minimum Gasteiger partial charge on any atom is -0.440 e. The first-order valence-corrected chi connectivity index (χ1v) is 14.6. The molecule has 176 valence electrons. The Morgan fingerprint density at radius 1 is 1.03 bits per heavy atom. The van der Waals surface area contributed by atoms with E-state index in [9.17, 15) is 14.4 Å². The molecule has 34 heavy (non-hydrogen) atoms. The maximum absolute atomic E-state index is 13.9.